The highest BCUT2D eigenvalue weighted by molar-refractivity contribution is 7.11. The molecule has 0 bridgehead atoms. The summed E-state index contributed by atoms with van der Waals surface area (Å²) in [5, 5.41) is 1.01. The summed E-state index contributed by atoms with van der Waals surface area (Å²) in [6.07, 6.45) is 0. The highest BCUT2D eigenvalue weighted by Gasteiger charge is 2.04. The van der Waals surface area contributed by atoms with Crippen LogP contribution in [0, 0.1) is 13.8 Å². The van der Waals surface area contributed by atoms with E-state index in [1.54, 1.807) is 11.3 Å². The zero-order valence-electron chi connectivity index (χ0n) is 10.1. The van der Waals surface area contributed by atoms with Gasteiger partial charge < -0.3 is 10.5 Å². The number of nitrogens with two attached hydrogens (primary N) is 1. The van der Waals surface area contributed by atoms with Gasteiger partial charge in [0.1, 0.15) is 17.4 Å². The van der Waals surface area contributed by atoms with E-state index in [1.807, 2.05) is 31.2 Å². The van der Waals surface area contributed by atoms with E-state index in [1.165, 1.54) is 4.88 Å². The van der Waals surface area contributed by atoms with Crippen molar-refractivity contribution in [1.82, 2.24) is 4.98 Å². The monoisotopic (exact) mass is 248 g/mol. The maximum absolute atomic E-state index is 5.70. The number of thiazole rings is 1. The summed E-state index contributed by atoms with van der Waals surface area (Å²) in [6, 6.07) is 7.85. The van der Waals surface area contributed by atoms with Crippen molar-refractivity contribution in [3.05, 3.63) is 45.4 Å². The number of aryl methyl sites for hydroxylation is 2. The van der Waals surface area contributed by atoms with Gasteiger partial charge >= 0.3 is 0 Å². The van der Waals surface area contributed by atoms with E-state index in [-0.39, 0.29) is 0 Å². The minimum absolute atomic E-state index is 0.521. The molecule has 0 unspecified atom stereocenters. The summed E-state index contributed by atoms with van der Waals surface area (Å²) in [4.78, 5) is 5.69. The van der Waals surface area contributed by atoms with E-state index >= 15 is 0 Å². The first kappa shape index (κ1) is 12.1. The quantitative estimate of drug-likeness (QED) is 0.905. The molecule has 0 aliphatic carbocycles. The Bertz CT molecular complexity index is 488. The Morgan fingerprint density at radius 1 is 1.35 bits per heavy atom. The van der Waals surface area contributed by atoms with Gasteiger partial charge in [-0.15, -0.1) is 11.3 Å². The third-order valence-corrected chi connectivity index (χ3v) is 3.62. The smallest absolute Gasteiger partial charge is 0.140 e. The standard InChI is InChI=1S/C13H16N2OS/c1-9-10(2)17-13(15-9)8-16-12-5-3-4-11(6-12)7-14/h3-6H,7-8,14H2,1-2H3. The molecule has 2 aromatic rings. The normalized spacial score (nSPS) is 10.5. The van der Waals surface area contributed by atoms with Crippen molar-refractivity contribution < 1.29 is 4.74 Å². The van der Waals surface area contributed by atoms with Crippen LogP contribution in [-0.2, 0) is 13.2 Å². The highest BCUT2D eigenvalue weighted by atomic mass is 32.1. The summed E-state index contributed by atoms with van der Waals surface area (Å²) in [7, 11) is 0. The molecule has 0 radical (unpaired) electrons. The van der Waals surface area contributed by atoms with Gasteiger partial charge in [-0.3, -0.25) is 0 Å². The molecule has 3 nitrogen and oxygen atoms in total. The van der Waals surface area contributed by atoms with Gasteiger partial charge in [0.15, 0.2) is 0 Å². The molecule has 2 rings (SSSR count). The van der Waals surface area contributed by atoms with Crippen LogP contribution < -0.4 is 10.5 Å². The summed E-state index contributed by atoms with van der Waals surface area (Å²) >= 11 is 1.68. The average molecular weight is 248 g/mol. The molecule has 90 valence electrons. The Labute approximate surface area is 105 Å². The first-order valence-electron chi connectivity index (χ1n) is 5.53. The SMILES string of the molecule is Cc1nc(COc2cccc(CN)c2)sc1C. The van der Waals surface area contributed by atoms with Crippen LogP contribution in [0.5, 0.6) is 5.75 Å². The molecule has 0 saturated heterocycles. The van der Waals surface area contributed by atoms with Gasteiger partial charge in [0.05, 0.1) is 5.69 Å². The third-order valence-electron chi connectivity index (χ3n) is 2.57. The Kier molecular flexibility index (Phi) is 3.76. The number of hydrogen-bond acceptors (Lipinski definition) is 4. The van der Waals surface area contributed by atoms with Crippen LogP contribution in [0.3, 0.4) is 0 Å². The lowest BCUT2D eigenvalue weighted by atomic mass is 10.2. The lowest BCUT2D eigenvalue weighted by Gasteiger charge is -2.05. The van der Waals surface area contributed by atoms with Crippen LogP contribution >= 0.6 is 11.3 Å². The van der Waals surface area contributed by atoms with E-state index in [0.29, 0.717) is 13.2 Å². The molecule has 0 aliphatic rings. The fourth-order valence-corrected chi connectivity index (χ4v) is 2.36. The van der Waals surface area contributed by atoms with Crippen molar-refractivity contribution in [2.75, 3.05) is 0 Å². The van der Waals surface area contributed by atoms with Crippen molar-refractivity contribution in [3.63, 3.8) is 0 Å². The Balaban J connectivity index is 2.01. The first-order valence-corrected chi connectivity index (χ1v) is 6.35. The number of ether oxygens (including phenoxy) is 1. The maximum atomic E-state index is 5.70. The van der Waals surface area contributed by atoms with Crippen molar-refractivity contribution in [2.45, 2.75) is 27.0 Å². The van der Waals surface area contributed by atoms with Gasteiger partial charge in [-0.25, -0.2) is 4.98 Å². The molecule has 17 heavy (non-hydrogen) atoms. The zero-order chi connectivity index (χ0) is 12.3. The number of benzene rings is 1. The van der Waals surface area contributed by atoms with E-state index in [4.69, 9.17) is 10.5 Å². The Hall–Kier alpha value is -1.39. The van der Waals surface area contributed by atoms with Gasteiger partial charge in [-0.05, 0) is 31.5 Å². The summed E-state index contributed by atoms with van der Waals surface area (Å²) < 4.78 is 5.70. The number of aromatic nitrogens is 1. The van der Waals surface area contributed by atoms with Crippen molar-refractivity contribution in [2.24, 2.45) is 5.73 Å². The lowest BCUT2D eigenvalue weighted by Crippen LogP contribution is -1.98. The van der Waals surface area contributed by atoms with Gasteiger partial charge in [0, 0.05) is 11.4 Å². The largest absolute Gasteiger partial charge is 0.486 e. The van der Waals surface area contributed by atoms with Crippen LogP contribution in [-0.4, -0.2) is 4.98 Å². The van der Waals surface area contributed by atoms with Gasteiger partial charge in [-0.2, -0.15) is 0 Å². The van der Waals surface area contributed by atoms with Gasteiger partial charge in [0.25, 0.3) is 0 Å². The topological polar surface area (TPSA) is 48.1 Å². The number of nitrogens with zero attached hydrogens (tertiary/aromatic N) is 1. The molecular weight excluding hydrogens is 232 g/mol. The average Bonchev–Trinajstić information content (AvgIpc) is 2.67. The second-order valence-electron chi connectivity index (χ2n) is 3.89. The summed E-state index contributed by atoms with van der Waals surface area (Å²) in [6.45, 7) is 5.15. The molecule has 0 spiro atoms. The second kappa shape index (κ2) is 5.29. The van der Waals surface area contributed by atoms with Crippen LogP contribution in [0.2, 0.25) is 0 Å². The summed E-state index contributed by atoms with van der Waals surface area (Å²) in [5.41, 5.74) is 7.75. The molecule has 0 fully saturated rings. The van der Waals surface area contributed by atoms with Crippen molar-refractivity contribution in [3.8, 4) is 5.75 Å². The molecule has 1 heterocycles. The maximum Gasteiger partial charge on any atom is 0.140 e. The lowest BCUT2D eigenvalue weighted by molar-refractivity contribution is 0.305. The predicted molar refractivity (Wildman–Crippen MR) is 70.3 cm³/mol. The molecule has 1 aromatic carbocycles. The highest BCUT2D eigenvalue weighted by Crippen LogP contribution is 2.19. The molecule has 0 atom stereocenters. The van der Waals surface area contributed by atoms with E-state index in [9.17, 15) is 0 Å². The number of rotatable bonds is 4. The molecule has 2 N–H and O–H groups in total. The molecule has 1 aromatic heterocycles. The van der Waals surface area contributed by atoms with E-state index in [2.05, 4.69) is 11.9 Å². The van der Waals surface area contributed by atoms with Gasteiger partial charge in [-0.1, -0.05) is 12.1 Å². The van der Waals surface area contributed by atoms with Crippen LogP contribution in [0.4, 0.5) is 0 Å². The fraction of sp³-hybridized carbons (Fsp3) is 0.308. The Morgan fingerprint density at radius 2 is 2.18 bits per heavy atom. The summed E-state index contributed by atoms with van der Waals surface area (Å²) in [5.74, 6) is 0.846. The van der Waals surface area contributed by atoms with Crippen molar-refractivity contribution >= 4 is 11.3 Å². The third kappa shape index (κ3) is 3.05. The minimum Gasteiger partial charge on any atom is -0.486 e. The number of hydrogen-bond donors (Lipinski definition) is 1. The molecule has 0 amide bonds. The first-order chi connectivity index (χ1) is 8.19. The molecule has 4 heteroatoms. The molecular formula is C13H16N2OS. The van der Waals surface area contributed by atoms with Crippen molar-refractivity contribution in [1.29, 1.82) is 0 Å². The predicted octanol–water partition coefficient (Wildman–Crippen LogP) is 2.80. The van der Waals surface area contributed by atoms with Crippen LogP contribution in [0.15, 0.2) is 24.3 Å². The zero-order valence-corrected chi connectivity index (χ0v) is 10.9. The van der Waals surface area contributed by atoms with Crippen LogP contribution in [0.25, 0.3) is 0 Å². The van der Waals surface area contributed by atoms with Crippen LogP contribution in [0.1, 0.15) is 21.1 Å². The van der Waals surface area contributed by atoms with E-state index < -0.39 is 0 Å². The van der Waals surface area contributed by atoms with E-state index in [0.717, 1.165) is 22.0 Å². The molecule has 0 saturated carbocycles. The fourth-order valence-electron chi connectivity index (χ4n) is 1.51. The Morgan fingerprint density at radius 3 is 2.82 bits per heavy atom. The second-order valence-corrected chi connectivity index (χ2v) is 5.18. The van der Waals surface area contributed by atoms with Gasteiger partial charge in [0.2, 0.25) is 0 Å². The minimum atomic E-state index is 0.521. The molecule has 0 aliphatic heterocycles.